The summed E-state index contributed by atoms with van der Waals surface area (Å²) in [6.07, 6.45) is 3.83. The van der Waals surface area contributed by atoms with Crippen molar-refractivity contribution in [2.75, 3.05) is 39.2 Å². The van der Waals surface area contributed by atoms with E-state index in [9.17, 15) is 4.39 Å². The lowest BCUT2D eigenvalue weighted by atomic mass is 10.0. The van der Waals surface area contributed by atoms with Gasteiger partial charge in [-0.05, 0) is 55.8 Å². The topological polar surface area (TPSA) is 59.5 Å². The molecule has 2 aromatic carbocycles. The van der Waals surface area contributed by atoms with Crippen molar-refractivity contribution in [3.05, 3.63) is 46.5 Å². The van der Waals surface area contributed by atoms with Gasteiger partial charge in [0.1, 0.15) is 18.0 Å². The number of aromatic nitrogens is 2. The van der Waals surface area contributed by atoms with E-state index < -0.39 is 5.82 Å². The first-order chi connectivity index (χ1) is 15.9. The molecule has 2 fully saturated rings. The molecule has 1 aromatic heterocycles. The third-order valence-corrected chi connectivity index (χ3v) is 7.41. The Morgan fingerprint density at radius 2 is 1.76 bits per heavy atom. The van der Waals surface area contributed by atoms with Crippen LogP contribution in [0.25, 0.3) is 10.9 Å². The molecule has 34 heavy (non-hydrogen) atoms. The van der Waals surface area contributed by atoms with E-state index in [1.165, 1.54) is 38.3 Å². The third kappa shape index (κ3) is 4.98. The summed E-state index contributed by atoms with van der Waals surface area (Å²) in [5.41, 5.74) is 0.829. The van der Waals surface area contributed by atoms with Crippen LogP contribution in [0.3, 0.4) is 0 Å². The summed E-state index contributed by atoms with van der Waals surface area (Å²) in [5.74, 6) is 3.23. The van der Waals surface area contributed by atoms with Gasteiger partial charge >= 0.3 is 0 Å². The maximum absolute atomic E-state index is 14.4. The minimum absolute atomic E-state index is 0. The molecule has 0 bridgehead atoms. The van der Waals surface area contributed by atoms with Gasteiger partial charge in [-0.1, -0.05) is 23.2 Å². The quantitative estimate of drug-likeness (QED) is 0.384. The van der Waals surface area contributed by atoms with Gasteiger partial charge in [0.15, 0.2) is 11.5 Å². The zero-order chi connectivity index (χ0) is 23.1. The normalized spacial score (nSPS) is 21.9. The fourth-order valence-corrected chi connectivity index (χ4v) is 5.50. The predicted molar refractivity (Wildman–Crippen MR) is 136 cm³/mol. The van der Waals surface area contributed by atoms with Gasteiger partial charge < -0.3 is 19.7 Å². The van der Waals surface area contributed by atoms with E-state index >= 15 is 0 Å². The molecule has 182 valence electrons. The Labute approximate surface area is 214 Å². The van der Waals surface area contributed by atoms with Gasteiger partial charge in [-0.15, -0.1) is 12.4 Å². The lowest BCUT2D eigenvalue weighted by Gasteiger charge is -2.17. The first-order valence-corrected chi connectivity index (χ1v) is 11.7. The first-order valence-electron chi connectivity index (χ1n) is 11.0. The molecular weight excluding hydrogens is 502 g/mol. The number of rotatable bonds is 6. The van der Waals surface area contributed by atoms with Gasteiger partial charge in [-0.2, -0.15) is 0 Å². The average molecular weight is 528 g/mol. The summed E-state index contributed by atoms with van der Waals surface area (Å²) in [6.45, 7) is 3.03. The Morgan fingerprint density at radius 3 is 2.47 bits per heavy atom. The minimum atomic E-state index is -0.532. The van der Waals surface area contributed by atoms with Gasteiger partial charge in [-0.3, -0.25) is 0 Å². The average Bonchev–Trinajstić information content (AvgIpc) is 3.32. The molecule has 2 heterocycles. The van der Waals surface area contributed by atoms with Gasteiger partial charge in [0.05, 0.1) is 35.0 Å². The highest BCUT2D eigenvalue weighted by atomic mass is 35.5. The number of ether oxygens (including phenoxy) is 2. The molecule has 2 aliphatic rings. The van der Waals surface area contributed by atoms with Crippen LogP contribution in [0.5, 0.6) is 11.5 Å². The molecule has 1 aliphatic heterocycles. The highest BCUT2D eigenvalue weighted by Crippen LogP contribution is 2.42. The molecule has 1 N–H and O–H groups in total. The summed E-state index contributed by atoms with van der Waals surface area (Å²) in [7, 11) is 3.80. The van der Waals surface area contributed by atoms with Crippen molar-refractivity contribution in [1.29, 1.82) is 0 Å². The molecule has 1 saturated carbocycles. The van der Waals surface area contributed by atoms with Crippen LogP contribution >= 0.6 is 35.6 Å². The number of likely N-dealkylation sites (tertiary alicyclic amines) is 1. The Hall–Kier alpha value is -2.06. The van der Waals surface area contributed by atoms with E-state index in [4.69, 9.17) is 32.7 Å². The molecule has 0 spiro atoms. The van der Waals surface area contributed by atoms with Crippen molar-refractivity contribution in [2.24, 2.45) is 17.8 Å². The largest absolute Gasteiger partial charge is 0.493 e. The molecule has 0 unspecified atom stereocenters. The summed E-state index contributed by atoms with van der Waals surface area (Å²) < 4.78 is 26.2. The fraction of sp³-hybridized carbons (Fsp3) is 0.417. The molecule has 6 nitrogen and oxygen atoms in total. The van der Waals surface area contributed by atoms with E-state index in [2.05, 4.69) is 27.2 Å². The Balaban J connectivity index is 0.00000274. The lowest BCUT2D eigenvalue weighted by molar-refractivity contribution is 0.227. The Morgan fingerprint density at radius 1 is 1.06 bits per heavy atom. The van der Waals surface area contributed by atoms with Crippen LogP contribution in [0.15, 0.2) is 30.6 Å². The van der Waals surface area contributed by atoms with Crippen LogP contribution in [-0.2, 0) is 0 Å². The Bertz CT molecular complexity index is 1180. The monoisotopic (exact) mass is 526 g/mol. The van der Waals surface area contributed by atoms with Crippen molar-refractivity contribution in [2.45, 2.75) is 12.8 Å². The van der Waals surface area contributed by atoms with Crippen molar-refractivity contribution in [1.82, 2.24) is 14.9 Å². The fourth-order valence-electron chi connectivity index (χ4n) is 5.19. The van der Waals surface area contributed by atoms with Gasteiger partial charge in [0, 0.05) is 24.5 Å². The molecule has 0 amide bonds. The highest BCUT2D eigenvalue weighted by molar-refractivity contribution is 6.42. The minimum Gasteiger partial charge on any atom is -0.493 e. The summed E-state index contributed by atoms with van der Waals surface area (Å²) in [6, 6.07) is 6.24. The van der Waals surface area contributed by atoms with Crippen LogP contribution in [0, 0.1) is 23.6 Å². The van der Waals surface area contributed by atoms with Crippen LogP contribution in [0.1, 0.15) is 12.8 Å². The molecule has 10 heteroatoms. The maximum atomic E-state index is 14.4. The van der Waals surface area contributed by atoms with Crippen LogP contribution < -0.4 is 14.8 Å². The highest BCUT2D eigenvalue weighted by Gasteiger charge is 2.39. The van der Waals surface area contributed by atoms with E-state index in [1.807, 2.05) is 6.07 Å². The molecule has 1 saturated heterocycles. The number of halogens is 4. The summed E-state index contributed by atoms with van der Waals surface area (Å²) in [4.78, 5) is 11.1. The summed E-state index contributed by atoms with van der Waals surface area (Å²) >= 11 is 11.9. The van der Waals surface area contributed by atoms with Crippen molar-refractivity contribution >= 4 is 58.0 Å². The van der Waals surface area contributed by atoms with E-state index in [-0.39, 0.29) is 28.1 Å². The number of nitrogens with zero attached hydrogens (tertiary/aromatic N) is 3. The number of anilines is 2. The van der Waals surface area contributed by atoms with Crippen LogP contribution in [0.4, 0.5) is 15.9 Å². The molecule has 3 atom stereocenters. The van der Waals surface area contributed by atoms with Crippen LogP contribution in [-0.4, -0.2) is 48.7 Å². The first kappa shape index (κ1) is 25.0. The number of nitrogens with one attached hydrogen (secondary N) is 1. The molecule has 5 rings (SSSR count). The van der Waals surface area contributed by atoms with Crippen molar-refractivity contribution in [3.63, 3.8) is 0 Å². The number of fused-ring (bicyclic) bond motifs is 2. The summed E-state index contributed by atoms with van der Waals surface area (Å²) in [5, 5.41) is 4.05. The van der Waals surface area contributed by atoms with E-state index in [1.54, 1.807) is 13.2 Å². The maximum Gasteiger partial charge on any atom is 0.163 e. The molecule has 3 aromatic rings. The standard InChI is InChI=1S/C24H25Cl2FN4O2.ClH/c1-31-9-14-3-13(4-15(14)10-31)11-33-23-8-20-16(5-22(23)32-2)24(29-12-28-20)30-21-7-18(26)17(25)6-19(21)27;/h5-8,12-15H,3-4,9-11H2,1-2H3,(H,28,29,30);1H/t13-,14+,15-;. The number of hydrogen-bond donors (Lipinski definition) is 1. The van der Waals surface area contributed by atoms with E-state index in [0.29, 0.717) is 40.7 Å². The van der Waals surface area contributed by atoms with Crippen molar-refractivity contribution in [3.8, 4) is 11.5 Å². The van der Waals surface area contributed by atoms with Crippen molar-refractivity contribution < 1.29 is 13.9 Å². The van der Waals surface area contributed by atoms with Gasteiger partial charge in [-0.25, -0.2) is 14.4 Å². The second-order valence-corrected chi connectivity index (χ2v) is 9.82. The third-order valence-electron chi connectivity index (χ3n) is 6.69. The van der Waals surface area contributed by atoms with E-state index in [0.717, 1.165) is 17.9 Å². The second-order valence-electron chi connectivity index (χ2n) is 9.00. The molecular formula is C24H26Cl3FN4O2. The van der Waals surface area contributed by atoms with Gasteiger partial charge in [0.25, 0.3) is 0 Å². The SMILES string of the molecule is COc1cc2c(Nc3cc(Cl)c(Cl)cc3F)ncnc2cc1OC[C@H]1C[C@@H]2CN(C)C[C@@H]2C1.Cl. The molecule has 0 radical (unpaired) electrons. The lowest BCUT2D eigenvalue weighted by Crippen LogP contribution is -2.18. The smallest absolute Gasteiger partial charge is 0.163 e. The number of hydrogen-bond acceptors (Lipinski definition) is 6. The predicted octanol–water partition coefficient (Wildman–Crippen LogP) is 6.22. The Kier molecular flexibility index (Phi) is 7.57. The van der Waals surface area contributed by atoms with Gasteiger partial charge in [0.2, 0.25) is 0 Å². The molecule has 1 aliphatic carbocycles. The zero-order valence-corrected chi connectivity index (χ0v) is 21.2. The second kappa shape index (κ2) is 10.3. The number of benzene rings is 2. The van der Waals surface area contributed by atoms with Crippen LogP contribution in [0.2, 0.25) is 10.0 Å². The number of methoxy groups -OCH3 is 1. The zero-order valence-electron chi connectivity index (χ0n) is 18.9.